The molecule has 5 heteroatoms. The monoisotopic (exact) mass is 320 g/mol. The number of fused-ring (bicyclic) bond motifs is 2. The smallest absolute Gasteiger partial charge is 0.211 e. The maximum absolute atomic E-state index is 12.7. The number of thioether (sulfide) groups is 1. The van der Waals surface area contributed by atoms with E-state index >= 15 is 0 Å². The minimum atomic E-state index is 0.159. The van der Waals surface area contributed by atoms with E-state index in [4.69, 9.17) is 0 Å². The topological polar surface area (TPSA) is 34.9 Å². The highest BCUT2D eigenvalue weighted by molar-refractivity contribution is 7.99. The molecule has 0 amide bonds. The number of aryl methyl sites for hydroxylation is 1. The summed E-state index contributed by atoms with van der Waals surface area (Å²) in [7, 11) is 0. The predicted octanol–water partition coefficient (Wildman–Crippen LogP) is 4.02. The van der Waals surface area contributed by atoms with Gasteiger partial charge in [-0.15, -0.1) is 17.9 Å². The van der Waals surface area contributed by atoms with Gasteiger partial charge in [0.15, 0.2) is 5.16 Å². The lowest BCUT2D eigenvalue weighted by molar-refractivity contribution is 0.692. The predicted molar refractivity (Wildman–Crippen MR) is 91.7 cm³/mol. The van der Waals surface area contributed by atoms with Gasteiger partial charge in [-0.2, -0.15) is 0 Å². The van der Waals surface area contributed by atoms with Gasteiger partial charge in [-0.3, -0.25) is 4.79 Å². The molecule has 0 fully saturated rings. The SMILES string of the molecule is C=CCn1c(SC(C)C)nc2c(=O)c3c(sc21)CCCC3. The fraction of sp³-hybridized carbons (Fsp3) is 0.500. The Morgan fingerprint density at radius 2 is 2.19 bits per heavy atom. The molecule has 2 aromatic rings. The van der Waals surface area contributed by atoms with E-state index in [-0.39, 0.29) is 5.43 Å². The van der Waals surface area contributed by atoms with Gasteiger partial charge in [0, 0.05) is 22.2 Å². The number of hydrogen-bond acceptors (Lipinski definition) is 4. The highest BCUT2D eigenvalue weighted by atomic mass is 32.2. The maximum Gasteiger partial charge on any atom is 0.211 e. The average molecular weight is 320 g/mol. The van der Waals surface area contributed by atoms with Crippen molar-refractivity contribution < 1.29 is 0 Å². The van der Waals surface area contributed by atoms with E-state index in [1.54, 1.807) is 23.1 Å². The second-order valence-corrected chi connectivity index (χ2v) is 8.28. The second-order valence-electron chi connectivity index (χ2n) is 5.65. The molecule has 3 nitrogen and oxygen atoms in total. The van der Waals surface area contributed by atoms with Crippen LogP contribution < -0.4 is 5.43 Å². The van der Waals surface area contributed by atoms with E-state index in [1.165, 1.54) is 11.3 Å². The minimum absolute atomic E-state index is 0.159. The van der Waals surface area contributed by atoms with Crippen LogP contribution in [0.1, 0.15) is 37.1 Å². The molecule has 1 aliphatic rings. The zero-order chi connectivity index (χ0) is 15.0. The van der Waals surface area contributed by atoms with Crippen LogP contribution in [0.15, 0.2) is 22.6 Å². The Hall–Kier alpha value is -1.07. The van der Waals surface area contributed by atoms with Crippen LogP contribution in [-0.2, 0) is 19.4 Å². The quantitative estimate of drug-likeness (QED) is 0.630. The summed E-state index contributed by atoms with van der Waals surface area (Å²) in [6, 6.07) is 0. The molecule has 2 aromatic heterocycles. The maximum atomic E-state index is 12.7. The van der Waals surface area contributed by atoms with Gasteiger partial charge in [-0.1, -0.05) is 31.7 Å². The van der Waals surface area contributed by atoms with Gasteiger partial charge in [0.2, 0.25) is 5.43 Å². The fourth-order valence-electron chi connectivity index (χ4n) is 2.75. The molecule has 0 saturated heterocycles. The largest absolute Gasteiger partial charge is 0.307 e. The lowest BCUT2D eigenvalue weighted by Crippen LogP contribution is -2.15. The van der Waals surface area contributed by atoms with Crippen molar-refractivity contribution in [2.45, 2.75) is 56.5 Å². The Labute approximate surface area is 133 Å². The van der Waals surface area contributed by atoms with Crippen LogP contribution in [0, 0.1) is 0 Å². The standard InChI is InChI=1S/C16H20N2OS2/c1-4-9-18-15-13(17-16(18)20-10(2)3)14(19)11-7-5-6-8-12(11)21-15/h4,10H,1,5-9H2,2-3H3. The first-order valence-corrected chi connectivity index (χ1v) is 9.14. The molecule has 0 atom stereocenters. The van der Waals surface area contributed by atoms with E-state index < -0.39 is 0 Å². The lowest BCUT2D eigenvalue weighted by atomic mass is 9.98. The molecule has 0 aliphatic heterocycles. The number of imidazole rings is 1. The summed E-state index contributed by atoms with van der Waals surface area (Å²) < 4.78 is 2.15. The third kappa shape index (κ3) is 2.69. The van der Waals surface area contributed by atoms with Crippen molar-refractivity contribution >= 4 is 33.4 Å². The van der Waals surface area contributed by atoms with E-state index in [1.807, 2.05) is 6.08 Å². The van der Waals surface area contributed by atoms with Crippen molar-refractivity contribution in [1.29, 1.82) is 0 Å². The Morgan fingerprint density at radius 1 is 1.43 bits per heavy atom. The number of allylic oxidation sites excluding steroid dienone is 1. The van der Waals surface area contributed by atoms with Crippen molar-refractivity contribution in [1.82, 2.24) is 9.55 Å². The second kappa shape index (κ2) is 5.97. The van der Waals surface area contributed by atoms with Gasteiger partial charge < -0.3 is 4.57 Å². The highest BCUT2D eigenvalue weighted by Crippen LogP contribution is 2.32. The van der Waals surface area contributed by atoms with E-state index in [9.17, 15) is 4.79 Å². The number of rotatable bonds is 4. The first-order valence-electron chi connectivity index (χ1n) is 7.44. The zero-order valence-electron chi connectivity index (χ0n) is 12.5. The van der Waals surface area contributed by atoms with Gasteiger partial charge >= 0.3 is 0 Å². The summed E-state index contributed by atoms with van der Waals surface area (Å²) in [5.74, 6) is 0. The van der Waals surface area contributed by atoms with Gasteiger partial charge in [0.05, 0.1) is 0 Å². The first kappa shape index (κ1) is 14.9. The van der Waals surface area contributed by atoms with Gasteiger partial charge in [0.25, 0.3) is 0 Å². The van der Waals surface area contributed by atoms with Crippen molar-refractivity contribution in [3.05, 3.63) is 33.3 Å². The fourth-order valence-corrected chi connectivity index (χ4v) is 4.97. The average Bonchev–Trinajstić information content (AvgIpc) is 2.78. The molecule has 3 rings (SSSR count). The Balaban J connectivity index is 2.25. The van der Waals surface area contributed by atoms with Crippen LogP contribution in [0.25, 0.3) is 10.3 Å². The summed E-state index contributed by atoms with van der Waals surface area (Å²) in [4.78, 5) is 19.7. The van der Waals surface area contributed by atoms with Gasteiger partial charge in [-0.25, -0.2) is 4.98 Å². The molecule has 21 heavy (non-hydrogen) atoms. The summed E-state index contributed by atoms with van der Waals surface area (Å²) in [5.41, 5.74) is 1.83. The molecule has 0 unspecified atom stereocenters. The molecule has 0 N–H and O–H groups in total. The molecule has 1 aliphatic carbocycles. The van der Waals surface area contributed by atoms with Crippen LogP contribution in [0.3, 0.4) is 0 Å². The molecular formula is C16H20N2OS2. The Morgan fingerprint density at radius 3 is 2.90 bits per heavy atom. The molecule has 112 valence electrons. The highest BCUT2D eigenvalue weighted by Gasteiger charge is 2.21. The van der Waals surface area contributed by atoms with Crippen molar-refractivity contribution in [2.24, 2.45) is 0 Å². The number of hydrogen-bond donors (Lipinski definition) is 0. The van der Waals surface area contributed by atoms with Crippen molar-refractivity contribution in [2.75, 3.05) is 0 Å². The number of nitrogens with zero attached hydrogens (tertiary/aromatic N) is 2. The van der Waals surface area contributed by atoms with E-state index in [0.717, 1.165) is 34.8 Å². The van der Waals surface area contributed by atoms with Crippen LogP contribution in [0.4, 0.5) is 0 Å². The molecule has 2 heterocycles. The third-order valence-electron chi connectivity index (χ3n) is 3.67. The van der Waals surface area contributed by atoms with Gasteiger partial charge in [0.1, 0.15) is 10.3 Å². The molecule has 0 aromatic carbocycles. The Bertz CT molecular complexity index is 743. The normalized spacial score (nSPS) is 14.6. The molecule has 0 saturated carbocycles. The summed E-state index contributed by atoms with van der Waals surface area (Å²) in [6.45, 7) is 8.85. The van der Waals surface area contributed by atoms with Crippen LogP contribution in [0.2, 0.25) is 0 Å². The molecular weight excluding hydrogens is 300 g/mol. The summed E-state index contributed by atoms with van der Waals surface area (Å²) >= 11 is 3.47. The number of aromatic nitrogens is 2. The van der Waals surface area contributed by atoms with Crippen LogP contribution in [-0.4, -0.2) is 14.8 Å². The van der Waals surface area contributed by atoms with Crippen LogP contribution >= 0.6 is 23.1 Å². The lowest BCUT2D eigenvalue weighted by Gasteiger charge is -2.14. The van der Waals surface area contributed by atoms with Crippen LogP contribution in [0.5, 0.6) is 0 Å². The summed E-state index contributed by atoms with van der Waals surface area (Å²) in [6.07, 6.45) is 6.15. The third-order valence-corrected chi connectivity index (χ3v) is 5.96. The van der Waals surface area contributed by atoms with Gasteiger partial charge in [-0.05, 0) is 25.7 Å². The molecule has 0 spiro atoms. The molecule has 0 bridgehead atoms. The van der Waals surface area contributed by atoms with Crippen molar-refractivity contribution in [3.8, 4) is 0 Å². The van der Waals surface area contributed by atoms with E-state index in [0.29, 0.717) is 17.3 Å². The first-order chi connectivity index (χ1) is 10.1. The Kier molecular flexibility index (Phi) is 4.22. The zero-order valence-corrected chi connectivity index (χ0v) is 14.1. The minimum Gasteiger partial charge on any atom is -0.307 e. The molecule has 0 radical (unpaired) electrons. The van der Waals surface area contributed by atoms with Crippen molar-refractivity contribution in [3.63, 3.8) is 0 Å². The van der Waals surface area contributed by atoms with E-state index in [2.05, 4.69) is 30.0 Å². The summed E-state index contributed by atoms with van der Waals surface area (Å²) in [5, 5.41) is 1.38.